The second-order valence-electron chi connectivity index (χ2n) is 3.84. The van der Waals surface area contributed by atoms with Crippen LogP contribution in [0.5, 0.6) is 5.75 Å². The molecule has 2 unspecified atom stereocenters. The molecule has 4 heteroatoms. The molecule has 80 valence electrons. The van der Waals surface area contributed by atoms with Gasteiger partial charge >= 0.3 is 0 Å². The van der Waals surface area contributed by atoms with Gasteiger partial charge in [0.2, 0.25) is 5.91 Å². The van der Waals surface area contributed by atoms with Crippen LogP contribution in [0, 0.1) is 0 Å². The van der Waals surface area contributed by atoms with Crippen LogP contribution in [0.3, 0.4) is 0 Å². The van der Waals surface area contributed by atoms with Gasteiger partial charge in [0, 0.05) is 12.6 Å². The van der Waals surface area contributed by atoms with Gasteiger partial charge in [-0.1, -0.05) is 12.1 Å². The maximum Gasteiger partial charge on any atom is 0.241 e. The Bertz CT molecular complexity index is 379. The summed E-state index contributed by atoms with van der Waals surface area (Å²) in [5, 5.41) is 15.3. The Balaban J connectivity index is 2.25. The van der Waals surface area contributed by atoms with Gasteiger partial charge in [-0.2, -0.15) is 0 Å². The lowest BCUT2D eigenvalue weighted by atomic mass is 10.0. The number of piperazine rings is 1. The van der Waals surface area contributed by atoms with Gasteiger partial charge in [0.25, 0.3) is 0 Å². The number of amides is 1. The molecule has 1 heterocycles. The molecular weight excluding hydrogens is 192 g/mol. The fraction of sp³-hybridized carbons (Fsp3) is 0.364. The highest BCUT2D eigenvalue weighted by molar-refractivity contribution is 5.84. The zero-order valence-electron chi connectivity index (χ0n) is 8.53. The van der Waals surface area contributed by atoms with E-state index in [0.717, 1.165) is 5.56 Å². The Morgan fingerprint density at radius 1 is 1.47 bits per heavy atom. The highest BCUT2D eigenvalue weighted by Crippen LogP contribution is 2.20. The Labute approximate surface area is 88.3 Å². The van der Waals surface area contributed by atoms with Gasteiger partial charge in [-0.15, -0.1) is 0 Å². The molecule has 3 N–H and O–H groups in total. The summed E-state index contributed by atoms with van der Waals surface area (Å²) in [4.78, 5) is 11.6. The summed E-state index contributed by atoms with van der Waals surface area (Å²) >= 11 is 0. The van der Waals surface area contributed by atoms with E-state index in [4.69, 9.17) is 0 Å². The minimum atomic E-state index is -0.360. The molecule has 1 aromatic carbocycles. The molecule has 1 aromatic rings. The number of benzene rings is 1. The lowest BCUT2D eigenvalue weighted by Crippen LogP contribution is -2.52. The molecule has 0 aromatic heterocycles. The predicted molar refractivity (Wildman–Crippen MR) is 56.5 cm³/mol. The van der Waals surface area contributed by atoms with E-state index in [1.165, 1.54) is 0 Å². The Kier molecular flexibility index (Phi) is 2.60. The summed E-state index contributed by atoms with van der Waals surface area (Å²) in [6, 6.07) is 6.65. The first-order chi connectivity index (χ1) is 7.16. The lowest BCUT2D eigenvalue weighted by Gasteiger charge is -2.28. The first kappa shape index (κ1) is 9.98. The zero-order chi connectivity index (χ0) is 10.8. The maximum absolute atomic E-state index is 11.6. The van der Waals surface area contributed by atoms with Crippen molar-refractivity contribution in [3.8, 4) is 5.75 Å². The van der Waals surface area contributed by atoms with Gasteiger partial charge in [0.1, 0.15) is 11.8 Å². The summed E-state index contributed by atoms with van der Waals surface area (Å²) in [6.45, 7) is 2.66. The number of phenols is 1. The fourth-order valence-corrected chi connectivity index (χ4v) is 1.73. The molecule has 0 saturated carbocycles. The third kappa shape index (κ3) is 2.10. The van der Waals surface area contributed by atoms with Crippen LogP contribution in [0.15, 0.2) is 24.3 Å². The fourth-order valence-electron chi connectivity index (χ4n) is 1.73. The van der Waals surface area contributed by atoms with Gasteiger partial charge in [-0.25, -0.2) is 0 Å². The topological polar surface area (TPSA) is 61.4 Å². The molecule has 0 spiro atoms. The number of rotatable bonds is 1. The van der Waals surface area contributed by atoms with E-state index in [9.17, 15) is 9.90 Å². The lowest BCUT2D eigenvalue weighted by molar-refractivity contribution is -0.125. The monoisotopic (exact) mass is 206 g/mol. The summed E-state index contributed by atoms with van der Waals surface area (Å²) in [6.07, 6.45) is 0. The minimum Gasteiger partial charge on any atom is -0.508 e. The first-order valence-electron chi connectivity index (χ1n) is 4.99. The SMILES string of the molecule is CC1CNC(=O)C(c2cccc(O)c2)N1. The Morgan fingerprint density at radius 2 is 2.27 bits per heavy atom. The third-order valence-corrected chi connectivity index (χ3v) is 2.50. The average Bonchev–Trinajstić information content (AvgIpc) is 2.22. The zero-order valence-corrected chi connectivity index (χ0v) is 8.53. The normalized spacial score (nSPS) is 26.1. The number of aromatic hydroxyl groups is 1. The molecule has 2 atom stereocenters. The van der Waals surface area contributed by atoms with Crippen LogP contribution in [-0.2, 0) is 4.79 Å². The number of nitrogens with one attached hydrogen (secondary N) is 2. The second-order valence-corrected chi connectivity index (χ2v) is 3.84. The van der Waals surface area contributed by atoms with Gasteiger partial charge in [0.15, 0.2) is 0 Å². The van der Waals surface area contributed by atoms with Crippen LogP contribution < -0.4 is 10.6 Å². The molecule has 1 amide bonds. The molecule has 1 aliphatic heterocycles. The van der Waals surface area contributed by atoms with Crippen LogP contribution in [-0.4, -0.2) is 23.6 Å². The van der Waals surface area contributed by atoms with Crippen molar-refractivity contribution < 1.29 is 9.90 Å². The molecule has 0 radical (unpaired) electrons. The Morgan fingerprint density at radius 3 is 3.00 bits per heavy atom. The largest absolute Gasteiger partial charge is 0.508 e. The number of hydrogen-bond acceptors (Lipinski definition) is 3. The van der Waals surface area contributed by atoms with E-state index in [-0.39, 0.29) is 23.7 Å². The van der Waals surface area contributed by atoms with Crippen molar-refractivity contribution in [1.29, 1.82) is 0 Å². The molecule has 1 aliphatic rings. The van der Waals surface area contributed by atoms with Gasteiger partial charge in [-0.05, 0) is 24.6 Å². The summed E-state index contributed by atoms with van der Waals surface area (Å²) in [5.74, 6) is 0.138. The van der Waals surface area contributed by atoms with Crippen molar-refractivity contribution in [2.45, 2.75) is 19.0 Å². The molecule has 1 fully saturated rings. The van der Waals surface area contributed by atoms with Crippen molar-refractivity contribution in [1.82, 2.24) is 10.6 Å². The van der Waals surface area contributed by atoms with Crippen molar-refractivity contribution in [3.63, 3.8) is 0 Å². The van der Waals surface area contributed by atoms with Crippen molar-refractivity contribution in [2.75, 3.05) is 6.54 Å². The summed E-state index contributed by atoms with van der Waals surface area (Å²) in [5.41, 5.74) is 0.791. The van der Waals surface area contributed by atoms with Gasteiger partial charge in [0.05, 0.1) is 0 Å². The van der Waals surface area contributed by atoms with Crippen LogP contribution >= 0.6 is 0 Å². The number of hydrogen-bond donors (Lipinski definition) is 3. The average molecular weight is 206 g/mol. The standard InChI is InChI=1S/C11H14N2O2/c1-7-6-12-11(15)10(13-7)8-3-2-4-9(14)5-8/h2-5,7,10,13-14H,6H2,1H3,(H,12,15). The number of phenolic OH excluding ortho intramolecular Hbond substituents is 1. The summed E-state index contributed by atoms with van der Waals surface area (Å²) < 4.78 is 0. The van der Waals surface area contributed by atoms with E-state index in [1.807, 2.05) is 13.0 Å². The van der Waals surface area contributed by atoms with E-state index in [1.54, 1.807) is 18.2 Å². The van der Waals surface area contributed by atoms with Crippen LogP contribution in [0.4, 0.5) is 0 Å². The predicted octanol–water partition coefficient (Wildman–Crippen LogP) is 0.541. The first-order valence-corrected chi connectivity index (χ1v) is 4.99. The van der Waals surface area contributed by atoms with Gasteiger partial charge in [-0.3, -0.25) is 10.1 Å². The molecule has 2 rings (SSSR count). The summed E-state index contributed by atoms with van der Waals surface area (Å²) in [7, 11) is 0. The molecule has 15 heavy (non-hydrogen) atoms. The van der Waals surface area contributed by atoms with E-state index in [2.05, 4.69) is 10.6 Å². The van der Waals surface area contributed by atoms with Crippen molar-refractivity contribution >= 4 is 5.91 Å². The molecule has 0 bridgehead atoms. The molecule has 0 aliphatic carbocycles. The maximum atomic E-state index is 11.6. The third-order valence-electron chi connectivity index (χ3n) is 2.50. The van der Waals surface area contributed by atoms with Crippen LogP contribution in [0.25, 0.3) is 0 Å². The number of carbonyl (C=O) groups excluding carboxylic acids is 1. The number of carbonyl (C=O) groups is 1. The van der Waals surface area contributed by atoms with E-state index < -0.39 is 0 Å². The van der Waals surface area contributed by atoms with Crippen molar-refractivity contribution in [2.24, 2.45) is 0 Å². The molecular formula is C11H14N2O2. The quantitative estimate of drug-likeness (QED) is 0.628. The molecule has 1 saturated heterocycles. The van der Waals surface area contributed by atoms with Gasteiger partial charge < -0.3 is 10.4 Å². The van der Waals surface area contributed by atoms with Crippen LogP contribution in [0.2, 0.25) is 0 Å². The van der Waals surface area contributed by atoms with E-state index in [0.29, 0.717) is 6.54 Å². The van der Waals surface area contributed by atoms with Crippen LogP contribution in [0.1, 0.15) is 18.5 Å². The smallest absolute Gasteiger partial charge is 0.241 e. The highest BCUT2D eigenvalue weighted by Gasteiger charge is 2.26. The second kappa shape index (κ2) is 3.90. The van der Waals surface area contributed by atoms with Crippen molar-refractivity contribution in [3.05, 3.63) is 29.8 Å². The highest BCUT2D eigenvalue weighted by atomic mass is 16.3. The van der Waals surface area contributed by atoms with E-state index >= 15 is 0 Å². The Hall–Kier alpha value is -1.55. The minimum absolute atomic E-state index is 0.0429. The molecule has 4 nitrogen and oxygen atoms in total.